The molecule has 1 aromatic heterocycles. The SMILES string of the molecule is Cn1cccc1[C@@H]1[C@@H](CN2CCCCC2)c2ccccc2C(=O)N1CCc1ccccc1. The molecule has 3 heterocycles. The van der Waals surface area contributed by atoms with E-state index in [-0.39, 0.29) is 17.9 Å². The highest BCUT2D eigenvalue weighted by atomic mass is 16.2. The van der Waals surface area contributed by atoms with Crippen molar-refractivity contribution in [1.29, 1.82) is 0 Å². The van der Waals surface area contributed by atoms with Crippen LogP contribution >= 0.6 is 0 Å². The summed E-state index contributed by atoms with van der Waals surface area (Å²) in [5, 5.41) is 0. The van der Waals surface area contributed by atoms with Crippen LogP contribution in [0.25, 0.3) is 0 Å². The summed E-state index contributed by atoms with van der Waals surface area (Å²) in [6.07, 6.45) is 6.86. The lowest BCUT2D eigenvalue weighted by Crippen LogP contribution is -2.47. The van der Waals surface area contributed by atoms with Crippen LogP contribution in [0.1, 0.15) is 58.4 Å². The second kappa shape index (κ2) is 9.33. The standard InChI is InChI=1S/C28H33N3O/c1-29-17-10-15-26(29)27-25(21-30-18-8-3-9-19-30)23-13-6-7-14-24(23)28(32)31(27)20-16-22-11-4-2-5-12-22/h2,4-7,10-15,17,25,27H,3,8-9,16,18-21H2,1H3/t25-,27-/m0/s1. The first kappa shape index (κ1) is 21.0. The molecule has 0 unspecified atom stereocenters. The monoisotopic (exact) mass is 427 g/mol. The molecule has 0 spiro atoms. The van der Waals surface area contributed by atoms with E-state index in [1.807, 2.05) is 18.2 Å². The van der Waals surface area contributed by atoms with Gasteiger partial charge in [-0.25, -0.2) is 0 Å². The first-order valence-electron chi connectivity index (χ1n) is 12.0. The lowest BCUT2D eigenvalue weighted by Gasteiger charge is -2.44. The van der Waals surface area contributed by atoms with Crippen molar-refractivity contribution in [2.75, 3.05) is 26.2 Å². The van der Waals surface area contributed by atoms with E-state index in [1.165, 1.54) is 36.1 Å². The maximum Gasteiger partial charge on any atom is 0.254 e. The largest absolute Gasteiger partial charge is 0.353 e. The van der Waals surface area contributed by atoms with Gasteiger partial charge in [0.05, 0.1) is 6.04 Å². The summed E-state index contributed by atoms with van der Waals surface area (Å²) in [5.41, 5.74) is 4.60. The van der Waals surface area contributed by atoms with Gasteiger partial charge in [-0.1, -0.05) is 55.0 Å². The zero-order valence-electron chi connectivity index (χ0n) is 19.0. The van der Waals surface area contributed by atoms with Crippen molar-refractivity contribution in [2.24, 2.45) is 7.05 Å². The Kier molecular flexibility index (Phi) is 6.13. The number of hydrogen-bond acceptors (Lipinski definition) is 2. The lowest BCUT2D eigenvalue weighted by atomic mass is 9.80. The molecule has 32 heavy (non-hydrogen) atoms. The normalized spacial score (nSPS) is 21.5. The average Bonchev–Trinajstić information content (AvgIpc) is 3.26. The molecule has 1 saturated heterocycles. The van der Waals surface area contributed by atoms with Crippen molar-refractivity contribution < 1.29 is 4.79 Å². The number of aromatic nitrogens is 1. The van der Waals surface area contributed by atoms with Crippen molar-refractivity contribution in [3.8, 4) is 0 Å². The van der Waals surface area contributed by atoms with Gasteiger partial charge in [0.2, 0.25) is 0 Å². The van der Waals surface area contributed by atoms with Crippen molar-refractivity contribution >= 4 is 5.91 Å². The Morgan fingerprint density at radius 1 is 0.875 bits per heavy atom. The molecule has 4 nitrogen and oxygen atoms in total. The molecule has 0 aliphatic carbocycles. The molecular formula is C28H33N3O. The minimum absolute atomic E-state index is 0.0445. The van der Waals surface area contributed by atoms with Crippen LogP contribution in [0.15, 0.2) is 72.9 Å². The van der Waals surface area contributed by atoms with Crippen LogP contribution in [0.2, 0.25) is 0 Å². The number of amides is 1. The minimum atomic E-state index is 0.0445. The summed E-state index contributed by atoms with van der Waals surface area (Å²) in [6.45, 7) is 4.05. The second-order valence-electron chi connectivity index (χ2n) is 9.28. The number of aryl methyl sites for hydroxylation is 1. The zero-order chi connectivity index (χ0) is 21.9. The number of fused-ring (bicyclic) bond motifs is 1. The van der Waals surface area contributed by atoms with Crippen LogP contribution in [0.4, 0.5) is 0 Å². The van der Waals surface area contributed by atoms with E-state index >= 15 is 0 Å². The van der Waals surface area contributed by atoms with E-state index < -0.39 is 0 Å². The van der Waals surface area contributed by atoms with Gasteiger partial charge in [-0.15, -0.1) is 0 Å². The van der Waals surface area contributed by atoms with Gasteiger partial charge in [-0.05, 0) is 61.7 Å². The number of rotatable bonds is 6. The van der Waals surface area contributed by atoms with Gasteiger partial charge in [0, 0.05) is 43.5 Å². The maximum absolute atomic E-state index is 13.8. The van der Waals surface area contributed by atoms with Crippen LogP contribution in [-0.2, 0) is 13.5 Å². The smallest absolute Gasteiger partial charge is 0.254 e. The van der Waals surface area contributed by atoms with Gasteiger partial charge in [-0.2, -0.15) is 0 Å². The second-order valence-corrected chi connectivity index (χ2v) is 9.28. The molecule has 3 aromatic rings. The molecule has 0 bridgehead atoms. The van der Waals surface area contributed by atoms with E-state index in [0.29, 0.717) is 0 Å². The first-order valence-corrected chi connectivity index (χ1v) is 12.0. The molecule has 0 N–H and O–H groups in total. The molecule has 2 atom stereocenters. The number of carbonyl (C=O) groups is 1. The summed E-state index contributed by atoms with van der Waals surface area (Å²) in [6, 6.07) is 23.2. The molecule has 2 aliphatic rings. The van der Waals surface area contributed by atoms with E-state index in [1.54, 1.807) is 0 Å². The Bertz CT molecular complexity index is 1050. The highest BCUT2D eigenvalue weighted by Crippen LogP contribution is 2.43. The van der Waals surface area contributed by atoms with Crippen LogP contribution in [0.5, 0.6) is 0 Å². The number of piperidine rings is 1. The number of hydrogen-bond donors (Lipinski definition) is 0. The summed E-state index contributed by atoms with van der Waals surface area (Å²) >= 11 is 0. The van der Waals surface area contributed by atoms with E-state index in [2.05, 4.69) is 76.1 Å². The third-order valence-corrected chi connectivity index (χ3v) is 7.24. The number of benzene rings is 2. The Hall–Kier alpha value is -2.85. The number of nitrogens with zero attached hydrogens (tertiary/aromatic N) is 3. The lowest BCUT2D eigenvalue weighted by molar-refractivity contribution is 0.0564. The molecule has 5 rings (SSSR count). The molecule has 2 aliphatic heterocycles. The Labute approximate surface area is 191 Å². The molecular weight excluding hydrogens is 394 g/mol. The molecule has 4 heteroatoms. The third kappa shape index (κ3) is 4.12. The average molecular weight is 428 g/mol. The summed E-state index contributed by atoms with van der Waals surface area (Å²) in [5.74, 6) is 0.434. The van der Waals surface area contributed by atoms with Crippen LogP contribution in [0, 0.1) is 0 Å². The topological polar surface area (TPSA) is 28.5 Å². The van der Waals surface area contributed by atoms with E-state index in [9.17, 15) is 4.79 Å². The highest BCUT2D eigenvalue weighted by molar-refractivity contribution is 5.97. The van der Waals surface area contributed by atoms with Crippen LogP contribution in [0.3, 0.4) is 0 Å². The quantitative estimate of drug-likeness (QED) is 0.552. The fraction of sp³-hybridized carbons (Fsp3) is 0.393. The molecule has 166 valence electrons. The molecule has 0 radical (unpaired) electrons. The van der Waals surface area contributed by atoms with Gasteiger partial charge in [0.15, 0.2) is 0 Å². The summed E-state index contributed by atoms with van der Waals surface area (Å²) in [4.78, 5) is 18.6. The predicted molar refractivity (Wildman–Crippen MR) is 129 cm³/mol. The summed E-state index contributed by atoms with van der Waals surface area (Å²) < 4.78 is 2.20. The van der Waals surface area contributed by atoms with Gasteiger partial charge in [0.1, 0.15) is 0 Å². The zero-order valence-corrected chi connectivity index (χ0v) is 19.0. The maximum atomic E-state index is 13.8. The van der Waals surface area contributed by atoms with Crippen LogP contribution < -0.4 is 0 Å². The Balaban J connectivity index is 1.54. The number of likely N-dealkylation sites (tertiary alicyclic amines) is 1. The van der Waals surface area contributed by atoms with Crippen molar-refractivity contribution in [2.45, 2.75) is 37.6 Å². The van der Waals surface area contributed by atoms with Gasteiger partial charge in [-0.3, -0.25) is 4.79 Å². The third-order valence-electron chi connectivity index (χ3n) is 7.24. The highest BCUT2D eigenvalue weighted by Gasteiger charge is 2.41. The molecule has 0 saturated carbocycles. The number of carbonyl (C=O) groups excluding carboxylic acids is 1. The van der Waals surface area contributed by atoms with E-state index in [4.69, 9.17) is 0 Å². The van der Waals surface area contributed by atoms with Crippen molar-refractivity contribution in [3.63, 3.8) is 0 Å². The Morgan fingerprint density at radius 3 is 2.38 bits per heavy atom. The molecule has 1 fully saturated rings. The fourth-order valence-corrected chi connectivity index (χ4v) is 5.58. The van der Waals surface area contributed by atoms with Crippen molar-refractivity contribution in [1.82, 2.24) is 14.4 Å². The first-order chi connectivity index (χ1) is 15.7. The van der Waals surface area contributed by atoms with Crippen molar-refractivity contribution in [3.05, 3.63) is 95.3 Å². The van der Waals surface area contributed by atoms with E-state index in [0.717, 1.165) is 38.2 Å². The van der Waals surface area contributed by atoms with Crippen LogP contribution in [-0.4, -0.2) is 46.5 Å². The van der Waals surface area contributed by atoms with Gasteiger partial charge < -0.3 is 14.4 Å². The molecule has 1 amide bonds. The Morgan fingerprint density at radius 2 is 1.62 bits per heavy atom. The van der Waals surface area contributed by atoms with Gasteiger partial charge in [0.25, 0.3) is 5.91 Å². The minimum Gasteiger partial charge on any atom is -0.353 e. The fourth-order valence-electron chi connectivity index (χ4n) is 5.58. The molecule has 2 aromatic carbocycles. The predicted octanol–water partition coefficient (Wildman–Crippen LogP) is 5.03. The summed E-state index contributed by atoms with van der Waals surface area (Å²) in [7, 11) is 2.10. The van der Waals surface area contributed by atoms with Gasteiger partial charge >= 0.3 is 0 Å².